The molecule has 1 heterocycles. The second-order valence-electron chi connectivity index (χ2n) is 16.6. The van der Waals surface area contributed by atoms with Crippen molar-refractivity contribution in [3.05, 3.63) is 142 Å². The Hall–Kier alpha value is -6.96. The van der Waals surface area contributed by atoms with Crippen LogP contribution >= 0.6 is 0 Å². The Kier molecular flexibility index (Phi) is 25.5. The number of aliphatic carboxylic acids is 1. The Balaban J connectivity index is 1.08. The van der Waals surface area contributed by atoms with Gasteiger partial charge in [-0.2, -0.15) is 0 Å². The number of nitrogens with zero attached hydrogens (tertiary/aromatic N) is 4. The minimum absolute atomic E-state index is 0.0523. The standard InChI is InChI=1S/C53H67N9O10/c1-39-19-22-57-49(35-39)56-21-8-7-20-55-38-50(63)60-47(37-51(64)65)42-15-13-41(14-16-42)43-17-18-46(45-12-6-5-11-44(43)45)52(66)61-48(36-40-9-3-2-4-10-40)53(67)58-23-25-68-27-29-70-31-33-72-34-32-71-30-28-69-26-24-59-62-54/h2-6,9-19,22,35,47-48,55H,7-8,20-21,23-34,36-38H2,1H3,(H,56,57)(H,58,67)(H,60,63)(H,61,66)(H,64,65)/t47-,48-/m0/s1. The number of nitrogens with one attached hydrogen (secondary N) is 5. The average Bonchev–Trinajstić information content (AvgIpc) is 3.38. The summed E-state index contributed by atoms with van der Waals surface area (Å²) < 4.78 is 27.4. The lowest BCUT2D eigenvalue weighted by Gasteiger charge is -2.20. The number of fused-ring (bicyclic) bond motifs is 1. The third-order valence-electron chi connectivity index (χ3n) is 11.1. The van der Waals surface area contributed by atoms with Gasteiger partial charge in [0, 0.05) is 42.7 Å². The van der Waals surface area contributed by atoms with Gasteiger partial charge >= 0.3 is 5.97 Å². The van der Waals surface area contributed by atoms with Crippen LogP contribution in [0.25, 0.3) is 32.3 Å². The molecule has 384 valence electrons. The summed E-state index contributed by atoms with van der Waals surface area (Å²) >= 11 is 0. The molecule has 0 bridgehead atoms. The topological polar surface area (TPSA) is 256 Å². The van der Waals surface area contributed by atoms with Crippen LogP contribution in [0.15, 0.2) is 114 Å². The Morgan fingerprint density at radius 3 is 2.01 bits per heavy atom. The number of carboxylic acid groups (broad SMARTS) is 1. The number of amides is 3. The van der Waals surface area contributed by atoms with Gasteiger partial charge in [0.2, 0.25) is 11.8 Å². The molecule has 0 unspecified atom stereocenters. The van der Waals surface area contributed by atoms with E-state index in [4.69, 9.17) is 29.2 Å². The Bertz CT molecular complexity index is 2470. The quantitative estimate of drug-likeness (QED) is 0.0114. The predicted octanol–water partition coefficient (Wildman–Crippen LogP) is 6.17. The number of hydrogen-bond acceptors (Lipinski definition) is 13. The predicted molar refractivity (Wildman–Crippen MR) is 275 cm³/mol. The molecule has 0 saturated heterocycles. The summed E-state index contributed by atoms with van der Waals surface area (Å²) in [5, 5.41) is 29.8. The Morgan fingerprint density at radius 1 is 0.708 bits per heavy atom. The fraction of sp³-hybridized carbons (Fsp3) is 0.415. The maximum atomic E-state index is 14.1. The molecule has 19 heteroatoms. The highest BCUT2D eigenvalue weighted by molar-refractivity contribution is 6.11. The molecular weight excluding hydrogens is 923 g/mol. The lowest BCUT2D eigenvalue weighted by atomic mass is 9.93. The number of aromatic nitrogens is 1. The van der Waals surface area contributed by atoms with E-state index in [2.05, 4.69) is 41.6 Å². The fourth-order valence-electron chi connectivity index (χ4n) is 7.54. The molecule has 19 nitrogen and oxygen atoms in total. The van der Waals surface area contributed by atoms with Crippen LogP contribution in [0, 0.1) is 6.92 Å². The first-order valence-corrected chi connectivity index (χ1v) is 24.2. The first-order valence-electron chi connectivity index (χ1n) is 24.2. The number of carbonyl (C=O) groups is 4. The average molecular weight is 990 g/mol. The molecule has 0 spiro atoms. The SMILES string of the molecule is Cc1ccnc(NCCCCNCC(=O)N[C@@H](CC(=O)O)c2ccc(-c3ccc(C(=O)N[C@@H](Cc4ccccc4)C(=O)NCCOCCOCCOCCOCCOCCN=[N+]=[N-])c4ccccc34)cc2)c1. The van der Waals surface area contributed by atoms with Crippen molar-refractivity contribution < 1.29 is 48.0 Å². The molecule has 0 fully saturated rings. The van der Waals surface area contributed by atoms with Gasteiger partial charge in [-0.1, -0.05) is 90.0 Å². The van der Waals surface area contributed by atoms with Crippen molar-refractivity contribution >= 4 is 40.3 Å². The third kappa shape index (κ3) is 20.8. The number of benzene rings is 4. The van der Waals surface area contributed by atoms with E-state index in [-0.39, 0.29) is 44.4 Å². The molecule has 4 aromatic carbocycles. The van der Waals surface area contributed by atoms with E-state index in [1.807, 2.05) is 104 Å². The summed E-state index contributed by atoms with van der Waals surface area (Å²) in [5.41, 5.74) is 13.0. The number of anilines is 1. The number of hydrogen-bond donors (Lipinski definition) is 6. The fourth-order valence-corrected chi connectivity index (χ4v) is 7.54. The van der Waals surface area contributed by atoms with Crippen molar-refractivity contribution in [2.75, 3.05) is 104 Å². The zero-order valence-electron chi connectivity index (χ0n) is 40.9. The Labute approximate surface area is 420 Å². The van der Waals surface area contributed by atoms with Crippen molar-refractivity contribution in [2.45, 2.75) is 44.7 Å². The highest BCUT2D eigenvalue weighted by Crippen LogP contribution is 2.32. The number of carboxylic acids is 1. The number of azide groups is 1. The van der Waals surface area contributed by atoms with Crippen molar-refractivity contribution in [2.24, 2.45) is 5.11 Å². The summed E-state index contributed by atoms with van der Waals surface area (Å²) in [6.07, 6.45) is 3.47. The second kappa shape index (κ2) is 32.8. The third-order valence-corrected chi connectivity index (χ3v) is 11.1. The highest BCUT2D eigenvalue weighted by Gasteiger charge is 2.24. The maximum Gasteiger partial charge on any atom is 0.305 e. The molecule has 0 aliphatic rings. The van der Waals surface area contributed by atoms with Gasteiger partial charge < -0.3 is 55.4 Å². The van der Waals surface area contributed by atoms with E-state index < -0.39 is 24.0 Å². The van der Waals surface area contributed by atoms with E-state index >= 15 is 0 Å². The molecule has 0 radical (unpaired) electrons. The zero-order chi connectivity index (χ0) is 51.0. The summed E-state index contributed by atoms with van der Waals surface area (Å²) in [4.78, 5) is 59.5. The van der Waals surface area contributed by atoms with E-state index in [0.717, 1.165) is 52.8 Å². The number of ether oxygens (including phenoxy) is 5. The van der Waals surface area contributed by atoms with Crippen molar-refractivity contribution in [1.82, 2.24) is 26.3 Å². The smallest absolute Gasteiger partial charge is 0.305 e. The molecule has 0 aliphatic heterocycles. The minimum atomic E-state index is -1.04. The zero-order valence-corrected chi connectivity index (χ0v) is 40.9. The lowest BCUT2D eigenvalue weighted by molar-refractivity contribution is -0.137. The van der Waals surface area contributed by atoms with Crippen LogP contribution in [-0.2, 0) is 44.5 Å². The highest BCUT2D eigenvalue weighted by atomic mass is 16.6. The Morgan fingerprint density at radius 2 is 1.35 bits per heavy atom. The molecule has 5 aromatic rings. The monoisotopic (exact) mass is 990 g/mol. The van der Waals surface area contributed by atoms with Crippen LogP contribution in [0.5, 0.6) is 0 Å². The van der Waals surface area contributed by atoms with Gasteiger partial charge in [-0.3, -0.25) is 19.2 Å². The van der Waals surface area contributed by atoms with Gasteiger partial charge in [0.25, 0.3) is 5.91 Å². The summed E-state index contributed by atoms with van der Waals surface area (Å²) in [5.74, 6) is -1.27. The molecule has 5 rings (SSSR count). The molecule has 6 N–H and O–H groups in total. The van der Waals surface area contributed by atoms with Crippen molar-refractivity contribution in [3.8, 4) is 11.1 Å². The van der Waals surface area contributed by atoms with Crippen LogP contribution in [0.3, 0.4) is 0 Å². The molecule has 3 amide bonds. The molecule has 2 atom stereocenters. The van der Waals surface area contributed by atoms with Crippen LogP contribution in [0.4, 0.5) is 5.82 Å². The molecule has 0 aliphatic carbocycles. The minimum Gasteiger partial charge on any atom is -0.481 e. The molecule has 72 heavy (non-hydrogen) atoms. The normalized spacial score (nSPS) is 11.8. The van der Waals surface area contributed by atoms with E-state index in [1.54, 1.807) is 12.3 Å². The van der Waals surface area contributed by atoms with Gasteiger partial charge in [-0.15, -0.1) is 0 Å². The van der Waals surface area contributed by atoms with Crippen molar-refractivity contribution in [1.29, 1.82) is 0 Å². The van der Waals surface area contributed by atoms with Gasteiger partial charge in [0.15, 0.2) is 0 Å². The van der Waals surface area contributed by atoms with E-state index in [1.165, 1.54) is 0 Å². The number of pyridine rings is 1. The van der Waals surface area contributed by atoms with Gasteiger partial charge in [0.1, 0.15) is 11.9 Å². The van der Waals surface area contributed by atoms with Crippen LogP contribution in [0.2, 0.25) is 0 Å². The first kappa shape index (κ1) is 56.0. The summed E-state index contributed by atoms with van der Waals surface area (Å²) in [6.45, 7) is 7.71. The first-order chi connectivity index (χ1) is 35.2. The van der Waals surface area contributed by atoms with Crippen LogP contribution in [-0.4, -0.2) is 139 Å². The number of rotatable bonds is 36. The van der Waals surface area contributed by atoms with Gasteiger partial charge in [0.05, 0.1) is 85.1 Å². The second-order valence-corrected chi connectivity index (χ2v) is 16.6. The van der Waals surface area contributed by atoms with Crippen molar-refractivity contribution in [3.63, 3.8) is 0 Å². The molecule has 0 saturated carbocycles. The number of carbonyl (C=O) groups excluding carboxylic acids is 3. The molecular formula is C53H67N9O10. The summed E-state index contributed by atoms with van der Waals surface area (Å²) in [6, 6.07) is 30.3. The van der Waals surface area contributed by atoms with Crippen LogP contribution < -0.4 is 26.6 Å². The van der Waals surface area contributed by atoms with Gasteiger partial charge in [-0.25, -0.2) is 4.98 Å². The lowest BCUT2D eigenvalue weighted by Crippen LogP contribution is -2.48. The maximum absolute atomic E-state index is 14.1. The number of aryl methyl sites for hydroxylation is 1. The van der Waals surface area contributed by atoms with E-state index in [9.17, 15) is 24.3 Å². The largest absolute Gasteiger partial charge is 0.481 e. The summed E-state index contributed by atoms with van der Waals surface area (Å²) in [7, 11) is 0. The van der Waals surface area contributed by atoms with E-state index in [0.29, 0.717) is 89.1 Å². The van der Waals surface area contributed by atoms with Crippen LogP contribution in [0.1, 0.15) is 52.4 Å². The number of unbranched alkanes of at least 4 members (excludes halogenated alkanes) is 1. The van der Waals surface area contributed by atoms with Gasteiger partial charge in [-0.05, 0) is 88.6 Å². The molecule has 1 aromatic heterocycles.